The Labute approximate surface area is 590 Å². The van der Waals surface area contributed by atoms with Crippen LogP contribution in [-0.2, 0) is 48.9 Å². The summed E-state index contributed by atoms with van der Waals surface area (Å²) in [4.78, 5) is 87.2. The lowest BCUT2D eigenvalue weighted by Crippen LogP contribution is -2.38. The maximum absolute atomic E-state index is 14.2. The summed E-state index contributed by atoms with van der Waals surface area (Å²) in [5.41, 5.74) is 2.46. The van der Waals surface area contributed by atoms with Crippen LogP contribution in [0.1, 0.15) is 77.0 Å². The summed E-state index contributed by atoms with van der Waals surface area (Å²) in [6, 6.07) is 17.1. The fraction of sp³-hybridized carbons (Fsp3) is 0.391. The summed E-state index contributed by atoms with van der Waals surface area (Å²) >= 11 is 3.45. The molecule has 2 fully saturated rings. The van der Waals surface area contributed by atoms with Crippen molar-refractivity contribution in [1.82, 2.24) is 24.9 Å². The van der Waals surface area contributed by atoms with Crippen molar-refractivity contribution >= 4 is 163 Å². The Morgan fingerprint density at radius 3 is 1.59 bits per heavy atom. The van der Waals surface area contributed by atoms with Crippen molar-refractivity contribution in [3.63, 3.8) is 0 Å². The minimum atomic E-state index is -4.62. The smallest absolute Gasteiger partial charge is 0.294 e. The molecule has 2 amide bonds. The molecular weight excluding hydrogens is 1390 g/mol. The van der Waals surface area contributed by atoms with Crippen LogP contribution in [-0.4, -0.2) is 173 Å². The number of hydrogen-bond donors (Lipinski definition) is 6. The Hall–Kier alpha value is -9.14. The SMILES string of the molecule is CCCCSc1nc(Nc2cc(N(CC)CC)c(OC)cc2/N=N/c2nc(N3CCOCC3)c(/C=C(\C(C)=O)C(=O)Nc3cccc(S(=O)(=O)O)c3)s2)nc(Nc2cc(N(CC)CC)c(OC)cc2/N=N/c2nc(N3CCOCC3)c(C(C(C)=O)C(=O)Nc3cccc(S(=O)(=O)O)c3)s2)n1. The molecule has 2 aliphatic rings. The molecule has 36 heteroatoms. The van der Waals surface area contributed by atoms with Gasteiger partial charge < -0.3 is 59.8 Å². The van der Waals surface area contributed by atoms with E-state index in [1.165, 1.54) is 62.0 Å². The van der Waals surface area contributed by atoms with Gasteiger partial charge in [-0.1, -0.05) is 59.9 Å². The number of aromatic nitrogens is 5. The zero-order chi connectivity index (χ0) is 71.8. The maximum atomic E-state index is 14.2. The van der Waals surface area contributed by atoms with Crippen molar-refractivity contribution in [2.24, 2.45) is 20.5 Å². The van der Waals surface area contributed by atoms with E-state index >= 15 is 0 Å². The van der Waals surface area contributed by atoms with Gasteiger partial charge in [0.1, 0.15) is 46.2 Å². The second-order valence-corrected chi connectivity index (χ2v) is 28.1. The molecule has 31 nitrogen and oxygen atoms in total. The molecule has 4 aromatic carbocycles. The predicted molar refractivity (Wildman–Crippen MR) is 386 cm³/mol. The minimum absolute atomic E-state index is 0.0181. The Kier molecular flexibility index (Phi) is 25.7. The highest BCUT2D eigenvalue weighted by Gasteiger charge is 2.35. The number of ether oxygens (including phenoxy) is 4. The van der Waals surface area contributed by atoms with Gasteiger partial charge in [0, 0.05) is 81.6 Å². The van der Waals surface area contributed by atoms with Gasteiger partial charge in [-0.3, -0.25) is 28.3 Å². The van der Waals surface area contributed by atoms with Gasteiger partial charge in [0.2, 0.25) is 28.1 Å². The summed E-state index contributed by atoms with van der Waals surface area (Å²) in [6.45, 7) is 18.0. The third-order valence-corrected chi connectivity index (χ3v) is 20.1. The lowest BCUT2D eigenvalue weighted by molar-refractivity contribution is -0.126. The lowest BCUT2D eigenvalue weighted by atomic mass is 10.0. The number of carbonyl (C=O) groups excluding carboxylic acids is 4. The highest BCUT2D eigenvalue weighted by atomic mass is 32.2. The molecule has 0 radical (unpaired) electrons. The fourth-order valence-electron chi connectivity index (χ4n) is 10.5. The van der Waals surface area contributed by atoms with Crippen LogP contribution in [0.25, 0.3) is 6.08 Å². The molecule has 0 aliphatic carbocycles. The first-order valence-electron chi connectivity index (χ1n) is 31.8. The first-order chi connectivity index (χ1) is 47.9. The second-order valence-electron chi connectivity index (χ2n) is 22.2. The average molecular weight is 1470 g/mol. The Bertz CT molecular complexity index is 4460. The molecule has 0 spiro atoms. The van der Waals surface area contributed by atoms with Crippen LogP contribution in [0.5, 0.6) is 11.5 Å². The standard InChI is InChI=1S/C64H77N17O14S5/c1-10-15-30-96-62-72-60(67-45-34-49(78(11-2)12-3)51(92-8)36-47(45)74-76-63-69-56(80-22-26-94-27-23-80)53(97-63)33-44(38(6)82)58(84)65-40-18-16-20-42(31-40)99(86,87)88)71-61(73-62)68-46-35-50(79(13-4)14-5)52(93-9)37-48(46)75-77-64-70-57(81-24-28-95-29-25-81)55(98-64)54(39(7)83)59(85)66-41-19-17-21-43(32-41)100(89,90)91/h16-21,31-37,54H,10-15,22-30H2,1-9H3,(H,65,84)(H,66,85)(H,86,87,88)(H,89,90,91)(H2,67,68,71,72,73)/b44-33+,76-74+,77-75+. The summed E-state index contributed by atoms with van der Waals surface area (Å²) in [5, 5.41) is 31.4. The van der Waals surface area contributed by atoms with Crippen LogP contribution < -0.4 is 50.3 Å². The van der Waals surface area contributed by atoms with E-state index in [1.807, 2.05) is 49.6 Å². The molecule has 532 valence electrons. The zero-order valence-corrected chi connectivity index (χ0v) is 60.4. The summed E-state index contributed by atoms with van der Waals surface area (Å²) in [7, 11) is -6.14. The van der Waals surface area contributed by atoms with E-state index in [0.29, 0.717) is 140 Å². The van der Waals surface area contributed by atoms with Crippen LogP contribution in [0.3, 0.4) is 0 Å². The predicted octanol–water partition coefficient (Wildman–Crippen LogP) is 11.8. The van der Waals surface area contributed by atoms with E-state index in [0.717, 1.165) is 53.7 Å². The monoisotopic (exact) mass is 1470 g/mol. The summed E-state index contributed by atoms with van der Waals surface area (Å²) < 4.78 is 90.5. The number of hydrogen-bond acceptors (Lipinski definition) is 30. The summed E-state index contributed by atoms with van der Waals surface area (Å²) in [6.07, 6.45) is 3.14. The molecule has 1 atom stereocenters. The molecule has 0 bridgehead atoms. The first kappa shape index (κ1) is 75.1. The molecule has 6 N–H and O–H groups in total. The van der Waals surface area contributed by atoms with Crippen molar-refractivity contribution in [3.8, 4) is 11.5 Å². The zero-order valence-electron chi connectivity index (χ0n) is 56.3. The number of anilines is 10. The van der Waals surface area contributed by atoms with Crippen LogP contribution in [0.2, 0.25) is 0 Å². The van der Waals surface area contributed by atoms with Crippen molar-refractivity contribution in [2.45, 2.75) is 82.2 Å². The Morgan fingerprint density at radius 1 is 0.650 bits per heavy atom. The molecule has 2 saturated heterocycles. The van der Waals surface area contributed by atoms with Gasteiger partial charge in [0.05, 0.1) is 88.5 Å². The fourth-order valence-corrected chi connectivity index (χ4v) is 14.4. The second kappa shape index (κ2) is 34.3. The Morgan fingerprint density at radius 2 is 1.13 bits per heavy atom. The number of morpholine rings is 2. The maximum Gasteiger partial charge on any atom is 0.294 e. The highest BCUT2D eigenvalue weighted by Crippen LogP contribution is 2.45. The molecule has 100 heavy (non-hydrogen) atoms. The third kappa shape index (κ3) is 19.0. The van der Waals surface area contributed by atoms with Crippen LogP contribution in [0.4, 0.5) is 79.3 Å². The summed E-state index contributed by atoms with van der Waals surface area (Å²) in [5.74, 6) is -1.70. The topological polar surface area (TPSA) is 389 Å². The van der Waals surface area contributed by atoms with Gasteiger partial charge >= 0.3 is 0 Å². The van der Waals surface area contributed by atoms with Gasteiger partial charge in [-0.05, 0) is 103 Å². The van der Waals surface area contributed by atoms with Gasteiger partial charge in [-0.2, -0.15) is 41.8 Å². The number of benzene rings is 4. The van der Waals surface area contributed by atoms with E-state index < -0.39 is 59.3 Å². The number of ketones is 2. The van der Waals surface area contributed by atoms with Gasteiger partial charge in [-0.25, -0.2) is 0 Å². The molecular formula is C64H77N17O14S5. The van der Waals surface area contributed by atoms with Crippen LogP contribution >= 0.6 is 34.4 Å². The quantitative estimate of drug-likeness (QED) is 0.00434. The normalized spacial score (nSPS) is 14.1. The first-order valence-corrected chi connectivity index (χ1v) is 37.3. The van der Waals surface area contributed by atoms with Gasteiger partial charge in [0.25, 0.3) is 26.1 Å². The Balaban J connectivity index is 1.11. The number of methoxy groups -OCH3 is 2. The number of carbonyl (C=O) groups is 4. The van der Waals surface area contributed by atoms with E-state index in [1.54, 1.807) is 26.4 Å². The third-order valence-electron chi connectivity index (χ3n) is 15.6. The number of amides is 2. The van der Waals surface area contributed by atoms with E-state index in [-0.39, 0.29) is 55.4 Å². The number of nitrogens with one attached hydrogen (secondary N) is 4. The minimum Gasteiger partial charge on any atom is -0.494 e. The lowest BCUT2D eigenvalue weighted by Gasteiger charge is -2.28. The number of Topliss-reactive ketones (excluding diaryl/α,β-unsaturated/α-hetero) is 2. The number of thioether (sulfide) groups is 1. The largest absolute Gasteiger partial charge is 0.494 e. The molecule has 7 aromatic rings. The number of thiazole rings is 2. The van der Waals surface area contributed by atoms with Crippen molar-refractivity contribution < 1.29 is 64.1 Å². The molecule has 3 aromatic heterocycles. The number of nitrogens with zero attached hydrogens (tertiary/aromatic N) is 13. The van der Waals surface area contributed by atoms with E-state index in [9.17, 15) is 45.1 Å². The van der Waals surface area contributed by atoms with Crippen LogP contribution in [0.15, 0.2) is 114 Å². The average Bonchev–Trinajstić information content (AvgIpc) is 1.50. The molecule has 9 rings (SSSR count). The number of unbranched alkanes of at least 4 members (excludes halogenated alkanes) is 1. The number of rotatable bonds is 32. The van der Waals surface area contributed by atoms with E-state index in [4.69, 9.17) is 54.1 Å². The van der Waals surface area contributed by atoms with Crippen molar-refractivity contribution in [3.05, 3.63) is 88.1 Å². The van der Waals surface area contributed by atoms with Crippen LogP contribution in [0, 0.1) is 0 Å². The number of azo groups is 2. The van der Waals surface area contributed by atoms with Gasteiger partial charge in [0.15, 0.2) is 10.9 Å². The van der Waals surface area contributed by atoms with Crippen molar-refractivity contribution in [1.29, 1.82) is 0 Å². The highest BCUT2D eigenvalue weighted by molar-refractivity contribution is 7.99. The van der Waals surface area contributed by atoms with Gasteiger partial charge in [-0.15, -0.1) is 20.5 Å². The molecule has 2 aliphatic heterocycles. The molecule has 0 saturated carbocycles. The van der Waals surface area contributed by atoms with E-state index in [2.05, 4.69) is 48.2 Å². The molecule has 1 unspecified atom stereocenters. The molecule has 5 heterocycles. The van der Waals surface area contributed by atoms with Crippen molar-refractivity contribution in [2.75, 3.05) is 140 Å².